The lowest BCUT2D eigenvalue weighted by Gasteiger charge is -2.35. The number of carbonyl (C=O) groups is 2. The van der Waals surface area contributed by atoms with Gasteiger partial charge < -0.3 is 29.9 Å². The average Bonchev–Trinajstić information content (AvgIpc) is 3.46. The van der Waals surface area contributed by atoms with Crippen LogP contribution in [0.15, 0.2) is 78.9 Å². The Balaban J connectivity index is 1.42. The Labute approximate surface area is 235 Å². The molecule has 0 aliphatic carbocycles. The fraction of sp³-hybridized carbons (Fsp3) is 0.375. The summed E-state index contributed by atoms with van der Waals surface area (Å²) in [6, 6.07) is 22.9. The van der Waals surface area contributed by atoms with E-state index in [4.69, 9.17) is 9.47 Å². The van der Waals surface area contributed by atoms with Crippen molar-refractivity contribution in [3.05, 3.63) is 95.6 Å². The molecule has 3 aromatic carbocycles. The van der Waals surface area contributed by atoms with Crippen LogP contribution in [-0.4, -0.2) is 71.0 Å². The monoisotopic (exact) mass is 546 g/mol. The predicted octanol–water partition coefficient (Wildman–Crippen LogP) is 3.20. The van der Waals surface area contributed by atoms with Crippen molar-refractivity contribution in [1.82, 2.24) is 10.2 Å². The molecule has 0 bridgehead atoms. The molecule has 212 valence electrons. The molecule has 1 fully saturated rings. The number of likely N-dealkylation sites (tertiary alicyclic amines) is 1. The highest BCUT2D eigenvalue weighted by Crippen LogP contribution is 2.25. The number of aryl methyl sites for hydroxylation is 2. The summed E-state index contributed by atoms with van der Waals surface area (Å²) in [6.07, 6.45) is -1.05. The number of para-hydroxylation sites is 2. The third kappa shape index (κ3) is 7.61. The van der Waals surface area contributed by atoms with E-state index in [1.165, 1.54) is 0 Å². The van der Waals surface area contributed by atoms with Crippen LogP contribution in [0.3, 0.4) is 0 Å². The lowest BCUT2D eigenvalue weighted by Crippen LogP contribution is -2.56. The number of hydrogen-bond acceptors (Lipinski definition) is 6. The predicted molar refractivity (Wildman–Crippen MR) is 152 cm³/mol. The first-order chi connectivity index (χ1) is 19.3. The summed E-state index contributed by atoms with van der Waals surface area (Å²) in [5, 5.41) is 25.5. The van der Waals surface area contributed by atoms with Crippen LogP contribution < -0.4 is 14.8 Å². The highest BCUT2D eigenvalue weighted by atomic mass is 16.5. The van der Waals surface area contributed by atoms with E-state index in [1.54, 1.807) is 17.0 Å². The van der Waals surface area contributed by atoms with E-state index in [0.717, 1.165) is 16.7 Å². The number of ether oxygens (including phenoxy) is 2. The first kappa shape index (κ1) is 29.1. The van der Waals surface area contributed by atoms with Gasteiger partial charge in [-0.15, -0.1) is 0 Å². The molecule has 0 unspecified atom stereocenters. The van der Waals surface area contributed by atoms with Crippen LogP contribution >= 0.6 is 0 Å². The molecule has 4 atom stereocenters. The Morgan fingerprint density at radius 2 is 1.55 bits per heavy atom. The summed E-state index contributed by atoms with van der Waals surface area (Å²) in [5.41, 5.74) is 2.74. The van der Waals surface area contributed by atoms with Crippen molar-refractivity contribution in [2.45, 2.75) is 57.4 Å². The van der Waals surface area contributed by atoms with E-state index in [-0.39, 0.29) is 19.1 Å². The number of aliphatic hydroxyl groups excluding tert-OH is 2. The third-order valence-electron chi connectivity index (χ3n) is 7.28. The van der Waals surface area contributed by atoms with Crippen molar-refractivity contribution in [2.75, 3.05) is 19.8 Å². The number of nitrogens with zero attached hydrogens (tertiary/aromatic N) is 1. The lowest BCUT2D eigenvalue weighted by molar-refractivity contribution is -0.139. The van der Waals surface area contributed by atoms with Crippen LogP contribution in [0.2, 0.25) is 0 Å². The summed E-state index contributed by atoms with van der Waals surface area (Å²) in [4.78, 5) is 27.5. The number of benzene rings is 3. The summed E-state index contributed by atoms with van der Waals surface area (Å²) >= 11 is 0. The maximum absolute atomic E-state index is 13.0. The van der Waals surface area contributed by atoms with Crippen molar-refractivity contribution in [2.24, 2.45) is 0 Å². The lowest BCUT2D eigenvalue weighted by atomic mass is 9.93. The molecular formula is C32H38N2O6. The van der Waals surface area contributed by atoms with Crippen molar-refractivity contribution in [1.29, 1.82) is 0 Å². The molecule has 1 aliphatic heterocycles. The fourth-order valence-corrected chi connectivity index (χ4v) is 5.21. The van der Waals surface area contributed by atoms with Crippen LogP contribution in [0.25, 0.3) is 0 Å². The smallest absolute Gasteiger partial charge is 0.260 e. The summed E-state index contributed by atoms with van der Waals surface area (Å²) < 4.78 is 11.4. The number of amides is 2. The highest BCUT2D eigenvalue weighted by molar-refractivity contribution is 5.79. The van der Waals surface area contributed by atoms with Crippen LogP contribution in [0, 0.1) is 13.8 Å². The van der Waals surface area contributed by atoms with Crippen LogP contribution in [0.1, 0.15) is 29.5 Å². The van der Waals surface area contributed by atoms with Crippen LogP contribution in [-0.2, 0) is 16.0 Å². The molecule has 0 aromatic heterocycles. The van der Waals surface area contributed by atoms with Crippen LogP contribution in [0.4, 0.5) is 0 Å². The largest absolute Gasteiger partial charge is 0.484 e. The van der Waals surface area contributed by atoms with Gasteiger partial charge in [-0.2, -0.15) is 0 Å². The van der Waals surface area contributed by atoms with Gasteiger partial charge in [0, 0.05) is 6.54 Å². The maximum atomic E-state index is 13.0. The minimum atomic E-state index is -1.32. The van der Waals surface area contributed by atoms with Gasteiger partial charge >= 0.3 is 0 Å². The van der Waals surface area contributed by atoms with Crippen molar-refractivity contribution >= 4 is 11.8 Å². The SMILES string of the molecule is Cc1cccc(C)c1OCC(=O)N[C@@H](Cc1ccccc1)[C@H](O)[C@@H](O)[C@@H]1CCCN1C(=O)COc1ccccc1. The molecule has 3 aromatic rings. The van der Waals surface area contributed by atoms with Gasteiger partial charge in [0.05, 0.1) is 12.1 Å². The van der Waals surface area contributed by atoms with Gasteiger partial charge in [-0.3, -0.25) is 9.59 Å². The van der Waals surface area contributed by atoms with Crippen molar-refractivity contribution in [3.8, 4) is 11.5 Å². The molecular weight excluding hydrogens is 508 g/mol. The van der Waals surface area contributed by atoms with Gasteiger partial charge in [-0.05, 0) is 61.9 Å². The second-order valence-corrected chi connectivity index (χ2v) is 10.3. The molecule has 40 heavy (non-hydrogen) atoms. The summed E-state index contributed by atoms with van der Waals surface area (Å²) in [5.74, 6) is 0.560. The Bertz CT molecular complexity index is 1230. The second-order valence-electron chi connectivity index (χ2n) is 10.3. The number of carbonyl (C=O) groups excluding carboxylic acids is 2. The first-order valence-electron chi connectivity index (χ1n) is 13.7. The number of hydrogen-bond donors (Lipinski definition) is 3. The Morgan fingerprint density at radius 1 is 0.900 bits per heavy atom. The molecule has 0 saturated carbocycles. The minimum absolute atomic E-state index is 0.164. The van der Waals surface area contributed by atoms with Gasteiger partial charge in [-0.1, -0.05) is 66.7 Å². The minimum Gasteiger partial charge on any atom is -0.484 e. The molecule has 3 N–H and O–H groups in total. The molecule has 1 aliphatic rings. The van der Waals surface area contributed by atoms with E-state index in [9.17, 15) is 19.8 Å². The number of rotatable bonds is 12. The van der Waals surface area contributed by atoms with Gasteiger partial charge in [0.15, 0.2) is 13.2 Å². The van der Waals surface area contributed by atoms with Crippen molar-refractivity contribution < 1.29 is 29.3 Å². The molecule has 4 rings (SSSR count). The van der Waals surface area contributed by atoms with Crippen LogP contribution in [0.5, 0.6) is 11.5 Å². The molecule has 1 heterocycles. The molecule has 1 saturated heterocycles. The first-order valence-corrected chi connectivity index (χ1v) is 13.7. The van der Waals surface area contributed by atoms with Gasteiger partial charge in [0.2, 0.25) is 0 Å². The number of nitrogens with one attached hydrogen (secondary N) is 1. The summed E-state index contributed by atoms with van der Waals surface area (Å²) in [6.45, 7) is 3.90. The number of aliphatic hydroxyl groups is 2. The van der Waals surface area contributed by atoms with E-state index in [1.807, 2.05) is 80.6 Å². The molecule has 8 nitrogen and oxygen atoms in total. The molecule has 2 amide bonds. The van der Waals surface area contributed by atoms with E-state index < -0.39 is 30.2 Å². The van der Waals surface area contributed by atoms with Crippen molar-refractivity contribution in [3.63, 3.8) is 0 Å². The highest BCUT2D eigenvalue weighted by Gasteiger charge is 2.40. The van der Waals surface area contributed by atoms with Gasteiger partial charge in [0.1, 0.15) is 23.7 Å². The topological polar surface area (TPSA) is 108 Å². The quantitative estimate of drug-likeness (QED) is 0.322. The molecule has 0 radical (unpaired) electrons. The fourth-order valence-electron chi connectivity index (χ4n) is 5.21. The zero-order valence-corrected chi connectivity index (χ0v) is 23.0. The maximum Gasteiger partial charge on any atom is 0.260 e. The van der Waals surface area contributed by atoms with E-state index >= 15 is 0 Å². The molecule has 8 heteroatoms. The van der Waals surface area contributed by atoms with E-state index in [2.05, 4.69) is 5.32 Å². The zero-order chi connectivity index (χ0) is 28.5. The van der Waals surface area contributed by atoms with Gasteiger partial charge in [0.25, 0.3) is 11.8 Å². The van der Waals surface area contributed by atoms with E-state index in [0.29, 0.717) is 37.3 Å². The second kappa shape index (κ2) is 14.0. The zero-order valence-electron chi connectivity index (χ0n) is 23.0. The Kier molecular flexibility index (Phi) is 10.2. The molecule has 0 spiro atoms. The standard InChI is InChI=1S/C32H38N2O6/c1-22-11-9-12-23(2)32(22)40-20-28(35)33-26(19-24-13-5-3-6-14-24)30(37)31(38)27-17-10-18-34(27)29(36)21-39-25-15-7-4-8-16-25/h3-9,11-16,26-27,30-31,37-38H,10,17-21H2,1-2H3,(H,33,35)/t26-,27-,30-,31-/m0/s1. The normalized spacial score (nSPS) is 17.1. The van der Waals surface area contributed by atoms with Gasteiger partial charge in [-0.25, -0.2) is 0 Å². The third-order valence-corrected chi connectivity index (χ3v) is 7.28. The summed E-state index contributed by atoms with van der Waals surface area (Å²) in [7, 11) is 0. The Morgan fingerprint density at radius 3 is 2.23 bits per heavy atom. The average molecular weight is 547 g/mol. The Hall–Kier alpha value is -3.88.